The lowest BCUT2D eigenvalue weighted by atomic mass is 9.77. The summed E-state index contributed by atoms with van der Waals surface area (Å²) < 4.78 is 0. The van der Waals surface area contributed by atoms with Crippen molar-refractivity contribution in [3.63, 3.8) is 0 Å². The standard InChI is InChI=1S/C12H22N4O/c1-12(2,3)10-4-5-11(17)16(8-6-10)9-7-14-15-13/h10H,4-9H2,1-3H3. The fraction of sp³-hybridized carbons (Fsp3) is 0.917. The van der Waals surface area contributed by atoms with Crippen molar-refractivity contribution in [2.24, 2.45) is 16.4 Å². The summed E-state index contributed by atoms with van der Waals surface area (Å²) in [6, 6.07) is 0. The van der Waals surface area contributed by atoms with E-state index >= 15 is 0 Å². The molecular formula is C12H22N4O. The number of carbonyl (C=O) groups excluding carboxylic acids is 1. The van der Waals surface area contributed by atoms with Crippen LogP contribution in [0.25, 0.3) is 10.4 Å². The number of azide groups is 1. The third kappa shape index (κ3) is 4.27. The molecule has 1 aliphatic rings. The molecule has 0 aromatic carbocycles. The topological polar surface area (TPSA) is 69.1 Å². The highest BCUT2D eigenvalue weighted by Gasteiger charge is 2.29. The minimum atomic E-state index is 0.199. The van der Waals surface area contributed by atoms with Crippen molar-refractivity contribution in [1.82, 2.24) is 4.90 Å². The van der Waals surface area contributed by atoms with Crippen LogP contribution in [0, 0.1) is 11.3 Å². The lowest BCUT2D eigenvalue weighted by Gasteiger charge is -2.29. The lowest BCUT2D eigenvalue weighted by molar-refractivity contribution is -0.130. The Hall–Kier alpha value is -1.22. The molecule has 0 N–H and O–H groups in total. The summed E-state index contributed by atoms with van der Waals surface area (Å²) in [7, 11) is 0. The van der Waals surface area contributed by atoms with Crippen LogP contribution < -0.4 is 0 Å². The summed E-state index contributed by atoms with van der Waals surface area (Å²) in [5.41, 5.74) is 8.49. The van der Waals surface area contributed by atoms with Gasteiger partial charge in [-0.3, -0.25) is 4.79 Å². The maximum atomic E-state index is 11.9. The van der Waals surface area contributed by atoms with Crippen molar-refractivity contribution in [3.8, 4) is 0 Å². The van der Waals surface area contributed by atoms with Gasteiger partial charge in [-0.1, -0.05) is 25.9 Å². The van der Waals surface area contributed by atoms with Gasteiger partial charge < -0.3 is 4.90 Å². The zero-order valence-corrected chi connectivity index (χ0v) is 11.0. The molecule has 1 amide bonds. The average Bonchev–Trinajstić information content (AvgIpc) is 2.41. The molecule has 0 aromatic heterocycles. The zero-order chi connectivity index (χ0) is 12.9. The number of amides is 1. The molecule has 1 rings (SSSR count). The maximum absolute atomic E-state index is 11.9. The molecule has 1 fully saturated rings. The summed E-state index contributed by atoms with van der Waals surface area (Å²) in [6.07, 6.45) is 2.64. The average molecular weight is 238 g/mol. The quantitative estimate of drug-likeness (QED) is 0.423. The van der Waals surface area contributed by atoms with E-state index in [0.717, 1.165) is 19.4 Å². The van der Waals surface area contributed by atoms with Crippen LogP contribution in [0.5, 0.6) is 0 Å². The largest absolute Gasteiger partial charge is 0.343 e. The molecule has 1 heterocycles. The Balaban J connectivity index is 2.54. The van der Waals surface area contributed by atoms with Gasteiger partial charge in [-0.2, -0.15) is 0 Å². The van der Waals surface area contributed by atoms with Crippen LogP contribution in [0.1, 0.15) is 40.0 Å². The fourth-order valence-electron chi connectivity index (χ4n) is 2.35. The molecule has 0 saturated carbocycles. The van der Waals surface area contributed by atoms with Gasteiger partial charge in [0.05, 0.1) is 0 Å². The van der Waals surface area contributed by atoms with Crippen molar-refractivity contribution in [2.45, 2.75) is 40.0 Å². The molecule has 0 bridgehead atoms. The second-order valence-electron chi connectivity index (χ2n) is 5.73. The molecule has 0 spiro atoms. The Bertz CT molecular complexity index is 315. The molecule has 0 aliphatic carbocycles. The Kier molecular flexibility index (Phi) is 4.82. The van der Waals surface area contributed by atoms with E-state index < -0.39 is 0 Å². The van der Waals surface area contributed by atoms with Gasteiger partial charge in [0.25, 0.3) is 0 Å². The van der Waals surface area contributed by atoms with E-state index in [4.69, 9.17) is 5.53 Å². The summed E-state index contributed by atoms with van der Waals surface area (Å²) in [4.78, 5) is 16.4. The number of rotatable bonds is 3. The first-order valence-electron chi connectivity index (χ1n) is 6.24. The van der Waals surface area contributed by atoms with E-state index in [0.29, 0.717) is 25.4 Å². The predicted molar refractivity (Wildman–Crippen MR) is 67.4 cm³/mol. The molecule has 5 nitrogen and oxygen atoms in total. The number of carbonyl (C=O) groups is 1. The molecule has 96 valence electrons. The van der Waals surface area contributed by atoms with E-state index in [1.165, 1.54) is 0 Å². The minimum absolute atomic E-state index is 0.199. The van der Waals surface area contributed by atoms with Crippen LogP contribution in [0.2, 0.25) is 0 Å². The molecule has 1 atom stereocenters. The first kappa shape index (κ1) is 13.8. The SMILES string of the molecule is CC(C)(C)C1CCC(=O)N(CCN=[N+]=[N-])CC1. The summed E-state index contributed by atoms with van der Waals surface area (Å²) >= 11 is 0. The lowest BCUT2D eigenvalue weighted by Crippen LogP contribution is -2.32. The molecule has 1 unspecified atom stereocenters. The number of likely N-dealkylation sites (tertiary alicyclic amines) is 1. The Morgan fingerprint density at radius 1 is 1.47 bits per heavy atom. The second-order valence-corrected chi connectivity index (χ2v) is 5.73. The van der Waals surface area contributed by atoms with Crippen LogP contribution in [0.4, 0.5) is 0 Å². The third-order valence-corrected chi connectivity index (χ3v) is 3.56. The third-order valence-electron chi connectivity index (χ3n) is 3.56. The van der Waals surface area contributed by atoms with Crippen molar-refractivity contribution in [3.05, 3.63) is 10.4 Å². The number of hydrogen-bond acceptors (Lipinski definition) is 2. The van der Waals surface area contributed by atoms with Gasteiger partial charge in [-0.15, -0.1) is 0 Å². The highest BCUT2D eigenvalue weighted by molar-refractivity contribution is 5.76. The van der Waals surface area contributed by atoms with Gasteiger partial charge in [-0.05, 0) is 29.7 Å². The molecule has 0 aromatic rings. The molecule has 5 heteroatoms. The van der Waals surface area contributed by atoms with Gasteiger partial charge >= 0.3 is 0 Å². The van der Waals surface area contributed by atoms with E-state index in [1.54, 1.807) is 0 Å². The Labute approximate surface area is 103 Å². The van der Waals surface area contributed by atoms with E-state index in [9.17, 15) is 4.79 Å². The predicted octanol–water partition coefficient (Wildman–Crippen LogP) is 2.97. The van der Waals surface area contributed by atoms with Crippen molar-refractivity contribution >= 4 is 5.91 Å². The molecule has 1 aliphatic heterocycles. The maximum Gasteiger partial charge on any atom is 0.222 e. The zero-order valence-electron chi connectivity index (χ0n) is 11.0. The fourth-order valence-corrected chi connectivity index (χ4v) is 2.35. The highest BCUT2D eigenvalue weighted by Crippen LogP contribution is 2.34. The Morgan fingerprint density at radius 3 is 2.76 bits per heavy atom. The first-order valence-corrected chi connectivity index (χ1v) is 6.24. The van der Waals surface area contributed by atoms with Gasteiger partial charge in [0.2, 0.25) is 5.91 Å². The van der Waals surface area contributed by atoms with Crippen LogP contribution in [-0.2, 0) is 4.79 Å². The normalized spacial score (nSPS) is 21.9. The smallest absolute Gasteiger partial charge is 0.222 e. The van der Waals surface area contributed by atoms with Crippen LogP contribution in [0.15, 0.2) is 5.11 Å². The monoisotopic (exact) mass is 238 g/mol. The van der Waals surface area contributed by atoms with Crippen LogP contribution >= 0.6 is 0 Å². The second kappa shape index (κ2) is 5.92. The van der Waals surface area contributed by atoms with Gasteiger partial charge in [0, 0.05) is 31.0 Å². The Morgan fingerprint density at radius 2 is 2.18 bits per heavy atom. The van der Waals surface area contributed by atoms with E-state index in [1.807, 2.05) is 4.90 Å². The van der Waals surface area contributed by atoms with Crippen LogP contribution in [0.3, 0.4) is 0 Å². The van der Waals surface area contributed by atoms with Crippen LogP contribution in [-0.4, -0.2) is 30.4 Å². The molecular weight excluding hydrogens is 216 g/mol. The number of hydrogen-bond donors (Lipinski definition) is 0. The molecule has 1 saturated heterocycles. The van der Waals surface area contributed by atoms with Gasteiger partial charge in [0.15, 0.2) is 0 Å². The van der Waals surface area contributed by atoms with Crippen molar-refractivity contribution in [2.75, 3.05) is 19.6 Å². The molecule has 17 heavy (non-hydrogen) atoms. The first-order chi connectivity index (χ1) is 7.95. The van der Waals surface area contributed by atoms with Crippen molar-refractivity contribution in [1.29, 1.82) is 0 Å². The number of nitrogens with zero attached hydrogens (tertiary/aromatic N) is 4. The van der Waals surface area contributed by atoms with Gasteiger partial charge in [-0.25, -0.2) is 0 Å². The van der Waals surface area contributed by atoms with Gasteiger partial charge in [0.1, 0.15) is 0 Å². The van der Waals surface area contributed by atoms with E-state index in [2.05, 4.69) is 30.8 Å². The minimum Gasteiger partial charge on any atom is -0.343 e. The summed E-state index contributed by atoms with van der Waals surface area (Å²) in [5.74, 6) is 0.792. The van der Waals surface area contributed by atoms with E-state index in [-0.39, 0.29) is 11.3 Å². The summed E-state index contributed by atoms with van der Waals surface area (Å²) in [5, 5.41) is 3.49. The summed E-state index contributed by atoms with van der Waals surface area (Å²) in [6.45, 7) is 8.43. The molecule has 0 radical (unpaired) electrons. The van der Waals surface area contributed by atoms with Crippen molar-refractivity contribution < 1.29 is 4.79 Å². The highest BCUT2D eigenvalue weighted by atomic mass is 16.2.